The first-order valence-electron chi connectivity index (χ1n) is 8.36. The van der Waals surface area contributed by atoms with Crippen LogP contribution in [0.2, 0.25) is 0 Å². The number of phenolic OH excluding ortho intramolecular Hbond substituents is 1. The van der Waals surface area contributed by atoms with Crippen molar-refractivity contribution < 1.29 is 5.11 Å². The molecule has 1 saturated heterocycles. The van der Waals surface area contributed by atoms with Crippen molar-refractivity contribution in [1.82, 2.24) is 10.2 Å². The van der Waals surface area contributed by atoms with Crippen molar-refractivity contribution in [3.63, 3.8) is 0 Å². The molecule has 0 aromatic heterocycles. The van der Waals surface area contributed by atoms with Gasteiger partial charge in [0.25, 0.3) is 0 Å². The summed E-state index contributed by atoms with van der Waals surface area (Å²) in [5, 5.41) is 13.8. The summed E-state index contributed by atoms with van der Waals surface area (Å²) >= 11 is 0. The standard InChI is InChI=1S/C18H28N2O/c1-12-7-8-16(21)18-15(10-13(2)17(12)18)20-9-5-4-6-14(20)11-19-3/h7-8,13-15,19,21H,4-6,9-11H2,1-3H3. The first kappa shape index (κ1) is 14.9. The molecule has 1 aliphatic carbocycles. The van der Waals surface area contributed by atoms with E-state index in [0.717, 1.165) is 19.5 Å². The summed E-state index contributed by atoms with van der Waals surface area (Å²) in [7, 11) is 2.04. The number of benzene rings is 1. The molecule has 1 aliphatic heterocycles. The van der Waals surface area contributed by atoms with E-state index in [1.165, 1.54) is 36.0 Å². The highest BCUT2D eigenvalue weighted by Crippen LogP contribution is 2.49. The number of fused-ring (bicyclic) bond motifs is 1. The number of aryl methyl sites for hydroxylation is 1. The monoisotopic (exact) mass is 288 g/mol. The van der Waals surface area contributed by atoms with Crippen LogP contribution in [0.15, 0.2) is 12.1 Å². The van der Waals surface area contributed by atoms with E-state index in [2.05, 4.69) is 30.1 Å². The molecule has 0 radical (unpaired) electrons. The maximum absolute atomic E-state index is 10.4. The third-order valence-electron chi connectivity index (χ3n) is 5.40. The third kappa shape index (κ3) is 2.58. The Labute approximate surface area is 128 Å². The van der Waals surface area contributed by atoms with E-state index in [4.69, 9.17) is 0 Å². The lowest BCUT2D eigenvalue weighted by atomic mass is 9.95. The van der Waals surface area contributed by atoms with Gasteiger partial charge < -0.3 is 10.4 Å². The van der Waals surface area contributed by atoms with E-state index in [0.29, 0.717) is 23.8 Å². The Hall–Kier alpha value is -1.06. The molecule has 1 fully saturated rings. The highest BCUT2D eigenvalue weighted by atomic mass is 16.3. The quantitative estimate of drug-likeness (QED) is 0.895. The van der Waals surface area contributed by atoms with Crippen LogP contribution >= 0.6 is 0 Å². The van der Waals surface area contributed by atoms with Crippen molar-refractivity contribution >= 4 is 0 Å². The Bertz CT molecular complexity index is 512. The highest BCUT2D eigenvalue weighted by Gasteiger charge is 2.38. The highest BCUT2D eigenvalue weighted by molar-refractivity contribution is 5.51. The Morgan fingerprint density at radius 2 is 2.10 bits per heavy atom. The summed E-state index contributed by atoms with van der Waals surface area (Å²) in [5.74, 6) is 1.05. The zero-order chi connectivity index (χ0) is 15.0. The van der Waals surface area contributed by atoms with Crippen molar-refractivity contribution in [2.24, 2.45) is 0 Å². The minimum absolute atomic E-state index is 0.397. The number of likely N-dealkylation sites (tertiary alicyclic amines) is 1. The summed E-state index contributed by atoms with van der Waals surface area (Å²) in [4.78, 5) is 2.65. The summed E-state index contributed by atoms with van der Waals surface area (Å²) < 4.78 is 0. The van der Waals surface area contributed by atoms with Gasteiger partial charge in [0.1, 0.15) is 5.75 Å². The number of hydrogen-bond acceptors (Lipinski definition) is 3. The van der Waals surface area contributed by atoms with Crippen molar-refractivity contribution in [3.8, 4) is 5.75 Å². The van der Waals surface area contributed by atoms with Crippen molar-refractivity contribution in [1.29, 1.82) is 0 Å². The van der Waals surface area contributed by atoms with Gasteiger partial charge in [0.05, 0.1) is 0 Å². The molecule has 1 aromatic rings. The van der Waals surface area contributed by atoms with Crippen LogP contribution in [-0.4, -0.2) is 36.2 Å². The fraction of sp³-hybridized carbons (Fsp3) is 0.667. The van der Waals surface area contributed by atoms with E-state index in [9.17, 15) is 5.11 Å². The van der Waals surface area contributed by atoms with Crippen LogP contribution in [0.25, 0.3) is 0 Å². The number of hydrogen-bond donors (Lipinski definition) is 2. The van der Waals surface area contributed by atoms with Gasteiger partial charge in [0, 0.05) is 24.2 Å². The lowest BCUT2D eigenvalue weighted by Crippen LogP contribution is -2.46. The van der Waals surface area contributed by atoms with Gasteiger partial charge in [0.2, 0.25) is 0 Å². The maximum Gasteiger partial charge on any atom is 0.120 e. The van der Waals surface area contributed by atoms with E-state index in [1.807, 2.05) is 13.1 Å². The predicted octanol–water partition coefficient (Wildman–Crippen LogP) is 3.32. The fourth-order valence-corrected chi connectivity index (χ4v) is 4.50. The van der Waals surface area contributed by atoms with Gasteiger partial charge >= 0.3 is 0 Å². The molecule has 1 aromatic carbocycles. The molecule has 0 spiro atoms. The maximum atomic E-state index is 10.4. The molecule has 3 nitrogen and oxygen atoms in total. The summed E-state index contributed by atoms with van der Waals surface area (Å²) in [6.07, 6.45) is 5.03. The zero-order valence-electron chi connectivity index (χ0n) is 13.5. The van der Waals surface area contributed by atoms with Gasteiger partial charge in [-0.2, -0.15) is 0 Å². The Morgan fingerprint density at radius 1 is 1.29 bits per heavy atom. The Kier molecular flexibility index (Phi) is 4.23. The Morgan fingerprint density at radius 3 is 2.86 bits per heavy atom. The van der Waals surface area contributed by atoms with Crippen LogP contribution in [0.1, 0.15) is 61.3 Å². The second kappa shape index (κ2) is 5.98. The molecule has 21 heavy (non-hydrogen) atoms. The second-order valence-electron chi connectivity index (χ2n) is 6.83. The van der Waals surface area contributed by atoms with E-state index < -0.39 is 0 Å². The molecule has 2 aliphatic rings. The number of nitrogens with one attached hydrogen (secondary N) is 1. The number of rotatable bonds is 3. The SMILES string of the molecule is CNCC1CCCCN1C1CC(C)c2c(C)ccc(O)c21. The van der Waals surface area contributed by atoms with Gasteiger partial charge in [-0.1, -0.05) is 19.4 Å². The number of nitrogens with zero attached hydrogens (tertiary/aromatic N) is 1. The minimum Gasteiger partial charge on any atom is -0.508 e. The molecule has 1 heterocycles. The van der Waals surface area contributed by atoms with Gasteiger partial charge in [-0.25, -0.2) is 0 Å². The Balaban J connectivity index is 1.96. The molecule has 0 saturated carbocycles. The average Bonchev–Trinajstić information content (AvgIpc) is 2.83. The molecule has 3 atom stereocenters. The summed E-state index contributed by atoms with van der Waals surface area (Å²) in [6.45, 7) is 6.70. The average molecular weight is 288 g/mol. The molecule has 3 rings (SSSR count). The largest absolute Gasteiger partial charge is 0.508 e. The number of phenols is 1. The lowest BCUT2D eigenvalue weighted by Gasteiger charge is -2.40. The predicted molar refractivity (Wildman–Crippen MR) is 86.9 cm³/mol. The fourth-order valence-electron chi connectivity index (χ4n) is 4.50. The van der Waals surface area contributed by atoms with E-state index in [-0.39, 0.29) is 0 Å². The van der Waals surface area contributed by atoms with Gasteiger partial charge in [-0.05, 0) is 62.9 Å². The number of piperidine rings is 1. The number of aromatic hydroxyl groups is 1. The van der Waals surface area contributed by atoms with Crippen LogP contribution in [-0.2, 0) is 0 Å². The zero-order valence-corrected chi connectivity index (χ0v) is 13.5. The van der Waals surface area contributed by atoms with Crippen LogP contribution < -0.4 is 5.32 Å². The van der Waals surface area contributed by atoms with Gasteiger partial charge in [-0.15, -0.1) is 0 Å². The molecule has 0 amide bonds. The van der Waals surface area contributed by atoms with Crippen molar-refractivity contribution in [2.45, 2.75) is 57.5 Å². The summed E-state index contributed by atoms with van der Waals surface area (Å²) in [5.41, 5.74) is 3.94. The molecular formula is C18H28N2O. The second-order valence-corrected chi connectivity index (χ2v) is 6.83. The molecule has 3 unspecified atom stereocenters. The van der Waals surface area contributed by atoms with Crippen LogP contribution in [0.4, 0.5) is 0 Å². The number of likely N-dealkylation sites (N-methyl/N-ethyl adjacent to an activating group) is 1. The van der Waals surface area contributed by atoms with E-state index >= 15 is 0 Å². The first-order valence-corrected chi connectivity index (χ1v) is 8.36. The van der Waals surface area contributed by atoms with Crippen molar-refractivity contribution in [2.75, 3.05) is 20.1 Å². The minimum atomic E-state index is 0.397. The third-order valence-corrected chi connectivity index (χ3v) is 5.40. The normalized spacial score (nSPS) is 29.6. The van der Waals surface area contributed by atoms with Gasteiger partial charge in [0.15, 0.2) is 0 Å². The topological polar surface area (TPSA) is 35.5 Å². The van der Waals surface area contributed by atoms with Crippen LogP contribution in [0, 0.1) is 6.92 Å². The van der Waals surface area contributed by atoms with Crippen LogP contribution in [0.3, 0.4) is 0 Å². The molecule has 0 bridgehead atoms. The first-order chi connectivity index (χ1) is 10.1. The van der Waals surface area contributed by atoms with Crippen LogP contribution in [0.5, 0.6) is 5.75 Å². The van der Waals surface area contributed by atoms with E-state index in [1.54, 1.807) is 0 Å². The van der Waals surface area contributed by atoms with Gasteiger partial charge in [-0.3, -0.25) is 4.90 Å². The molecule has 116 valence electrons. The molecular weight excluding hydrogens is 260 g/mol. The summed E-state index contributed by atoms with van der Waals surface area (Å²) in [6, 6.07) is 4.95. The van der Waals surface area contributed by atoms with Crippen molar-refractivity contribution in [3.05, 3.63) is 28.8 Å². The lowest BCUT2D eigenvalue weighted by molar-refractivity contribution is 0.0913. The molecule has 3 heteroatoms. The smallest absolute Gasteiger partial charge is 0.120 e. The molecule has 2 N–H and O–H groups in total.